The summed E-state index contributed by atoms with van der Waals surface area (Å²) in [6.45, 7) is 0. The van der Waals surface area contributed by atoms with Gasteiger partial charge in [0.2, 0.25) is 0 Å². The van der Waals surface area contributed by atoms with Crippen molar-refractivity contribution in [2.45, 2.75) is 12.8 Å². The van der Waals surface area contributed by atoms with Crippen LogP contribution in [0.15, 0.2) is 218 Å². The molecule has 1 aliphatic carbocycles. The van der Waals surface area contributed by atoms with Crippen molar-refractivity contribution in [2.75, 3.05) is 4.90 Å². The van der Waals surface area contributed by atoms with Crippen LogP contribution >= 0.6 is 0 Å². The Hall–Kier alpha value is -7.16. The van der Waals surface area contributed by atoms with E-state index in [0.717, 1.165) is 41.2 Å². The lowest BCUT2D eigenvalue weighted by Gasteiger charge is -2.29. The molecule has 0 saturated heterocycles. The standard InChI is InChI=1S/C54H40N2/c1-3-16-39(17-4-1)41-30-34-45(35-31-41)55(46-36-32-42(33-37-46)44-21-15-20-43(38-44)40-18-5-2-6-19-40)51-26-11-7-22-47(51)48-23-8-12-27-52(48)56-53-28-13-9-24-49(53)50-25-10-14-29-54(50)56/h2-3,5-38H,1,4H2. The molecule has 0 aliphatic heterocycles. The zero-order chi connectivity index (χ0) is 37.3. The molecule has 0 bridgehead atoms. The molecule has 9 aromatic rings. The molecule has 0 saturated carbocycles. The minimum absolute atomic E-state index is 1.08. The van der Waals surface area contributed by atoms with Gasteiger partial charge in [0.05, 0.1) is 22.4 Å². The molecule has 56 heavy (non-hydrogen) atoms. The molecule has 0 radical (unpaired) electrons. The molecule has 0 atom stereocenters. The van der Waals surface area contributed by atoms with E-state index in [1.165, 1.54) is 60.8 Å². The van der Waals surface area contributed by atoms with Gasteiger partial charge in [-0.25, -0.2) is 0 Å². The van der Waals surface area contributed by atoms with Gasteiger partial charge in [0.1, 0.15) is 0 Å². The van der Waals surface area contributed by atoms with Crippen molar-refractivity contribution in [3.63, 3.8) is 0 Å². The maximum Gasteiger partial charge on any atom is 0.0541 e. The Labute approximate surface area is 328 Å². The predicted molar refractivity (Wildman–Crippen MR) is 238 cm³/mol. The molecule has 0 spiro atoms. The van der Waals surface area contributed by atoms with E-state index in [1.54, 1.807) is 0 Å². The van der Waals surface area contributed by atoms with Gasteiger partial charge in [-0.1, -0.05) is 164 Å². The highest BCUT2D eigenvalue weighted by Gasteiger charge is 2.21. The molecule has 10 rings (SSSR count). The number of fused-ring (bicyclic) bond motifs is 3. The van der Waals surface area contributed by atoms with E-state index in [0.29, 0.717) is 0 Å². The quantitative estimate of drug-likeness (QED) is 0.152. The summed E-state index contributed by atoms with van der Waals surface area (Å²) in [5, 5.41) is 2.51. The van der Waals surface area contributed by atoms with Gasteiger partial charge in [-0.15, -0.1) is 0 Å². The first-order chi connectivity index (χ1) is 27.8. The van der Waals surface area contributed by atoms with Crippen molar-refractivity contribution in [1.82, 2.24) is 4.57 Å². The molecular formula is C54H40N2. The van der Waals surface area contributed by atoms with Gasteiger partial charge in [-0.3, -0.25) is 0 Å². The second-order valence-corrected chi connectivity index (χ2v) is 14.4. The SMILES string of the molecule is C1=CC(c2ccc(N(c3ccc(-c4cccc(-c5ccccc5)c4)cc3)c3ccccc3-c3ccccc3-n3c4ccccc4c4ccccc43)cc2)=CCC1. The van der Waals surface area contributed by atoms with Crippen molar-refractivity contribution < 1.29 is 0 Å². The Morgan fingerprint density at radius 3 is 1.59 bits per heavy atom. The fourth-order valence-electron chi connectivity index (χ4n) is 8.34. The molecule has 1 heterocycles. The molecule has 0 fully saturated rings. The van der Waals surface area contributed by atoms with Crippen LogP contribution < -0.4 is 4.90 Å². The maximum absolute atomic E-state index is 2.43. The summed E-state index contributed by atoms with van der Waals surface area (Å²) < 4.78 is 2.43. The number of benzene rings is 8. The monoisotopic (exact) mass is 716 g/mol. The minimum Gasteiger partial charge on any atom is -0.310 e. The van der Waals surface area contributed by atoms with E-state index in [4.69, 9.17) is 0 Å². The van der Waals surface area contributed by atoms with E-state index >= 15 is 0 Å². The molecule has 266 valence electrons. The van der Waals surface area contributed by atoms with Crippen molar-refractivity contribution in [3.8, 4) is 39.1 Å². The normalized spacial score (nSPS) is 12.5. The average molecular weight is 717 g/mol. The van der Waals surface area contributed by atoms with E-state index in [-0.39, 0.29) is 0 Å². The van der Waals surface area contributed by atoms with E-state index in [9.17, 15) is 0 Å². The summed E-state index contributed by atoms with van der Waals surface area (Å²) >= 11 is 0. The Morgan fingerprint density at radius 1 is 0.393 bits per heavy atom. The summed E-state index contributed by atoms with van der Waals surface area (Å²) in [7, 11) is 0. The molecule has 0 unspecified atom stereocenters. The zero-order valence-electron chi connectivity index (χ0n) is 31.1. The molecule has 2 heteroatoms. The number of nitrogens with zero attached hydrogens (tertiary/aromatic N) is 2. The average Bonchev–Trinajstić information content (AvgIpc) is 3.62. The van der Waals surface area contributed by atoms with Gasteiger partial charge < -0.3 is 9.47 Å². The van der Waals surface area contributed by atoms with E-state index in [1.807, 2.05) is 0 Å². The predicted octanol–water partition coefficient (Wildman–Crippen LogP) is 15.0. The lowest BCUT2D eigenvalue weighted by atomic mass is 9.97. The van der Waals surface area contributed by atoms with Gasteiger partial charge in [0, 0.05) is 33.3 Å². The van der Waals surface area contributed by atoms with E-state index < -0.39 is 0 Å². The fraction of sp³-hybridized carbons (Fsp3) is 0.0370. The molecule has 2 nitrogen and oxygen atoms in total. The van der Waals surface area contributed by atoms with Crippen molar-refractivity contribution in [3.05, 3.63) is 224 Å². The van der Waals surface area contributed by atoms with Crippen molar-refractivity contribution in [2.24, 2.45) is 0 Å². The third-order valence-electron chi connectivity index (χ3n) is 11.0. The highest BCUT2D eigenvalue weighted by molar-refractivity contribution is 6.10. The summed E-state index contributed by atoms with van der Waals surface area (Å²) in [5.41, 5.74) is 16.5. The first kappa shape index (κ1) is 33.4. The maximum atomic E-state index is 2.43. The highest BCUT2D eigenvalue weighted by Crippen LogP contribution is 2.44. The second kappa shape index (κ2) is 14.6. The number of allylic oxidation sites excluding steroid dienone is 4. The van der Waals surface area contributed by atoms with Gasteiger partial charge >= 0.3 is 0 Å². The highest BCUT2D eigenvalue weighted by atomic mass is 15.1. The molecule has 1 aliphatic rings. The van der Waals surface area contributed by atoms with Crippen LogP contribution in [0.25, 0.3) is 66.4 Å². The smallest absolute Gasteiger partial charge is 0.0541 e. The number of para-hydroxylation sites is 4. The lowest BCUT2D eigenvalue weighted by Crippen LogP contribution is -2.11. The van der Waals surface area contributed by atoms with E-state index in [2.05, 4.69) is 228 Å². The Bertz CT molecular complexity index is 2840. The summed E-state index contributed by atoms with van der Waals surface area (Å²) in [6.07, 6.45) is 9.06. The van der Waals surface area contributed by atoms with Crippen molar-refractivity contribution in [1.29, 1.82) is 0 Å². The van der Waals surface area contributed by atoms with Crippen LogP contribution in [0, 0.1) is 0 Å². The van der Waals surface area contributed by atoms with Gasteiger partial charge in [0.15, 0.2) is 0 Å². The van der Waals surface area contributed by atoms with Crippen LogP contribution in [0.5, 0.6) is 0 Å². The number of hydrogen-bond donors (Lipinski definition) is 0. The van der Waals surface area contributed by atoms with Crippen molar-refractivity contribution >= 4 is 44.4 Å². The summed E-state index contributed by atoms with van der Waals surface area (Å²) in [5.74, 6) is 0. The Balaban J connectivity index is 1.12. The van der Waals surface area contributed by atoms with Gasteiger partial charge in [-0.2, -0.15) is 0 Å². The first-order valence-electron chi connectivity index (χ1n) is 19.5. The Kier molecular flexibility index (Phi) is 8.70. The van der Waals surface area contributed by atoms with Gasteiger partial charge in [0.25, 0.3) is 0 Å². The second-order valence-electron chi connectivity index (χ2n) is 14.4. The summed E-state index contributed by atoms with van der Waals surface area (Å²) in [6, 6.07) is 72.7. The van der Waals surface area contributed by atoms with Crippen LogP contribution in [-0.4, -0.2) is 4.57 Å². The van der Waals surface area contributed by atoms with Crippen LogP contribution in [0.2, 0.25) is 0 Å². The molecular weight excluding hydrogens is 677 g/mol. The minimum atomic E-state index is 1.08. The number of anilines is 3. The van der Waals surface area contributed by atoms with Crippen LogP contribution in [0.3, 0.4) is 0 Å². The third-order valence-corrected chi connectivity index (χ3v) is 11.0. The number of rotatable bonds is 8. The van der Waals surface area contributed by atoms with Crippen LogP contribution in [0.4, 0.5) is 17.1 Å². The number of hydrogen-bond acceptors (Lipinski definition) is 1. The van der Waals surface area contributed by atoms with Gasteiger partial charge in [-0.05, 0) is 101 Å². The molecule has 1 aromatic heterocycles. The molecule has 8 aromatic carbocycles. The Morgan fingerprint density at radius 2 is 0.929 bits per heavy atom. The number of aromatic nitrogens is 1. The van der Waals surface area contributed by atoms with Crippen LogP contribution in [-0.2, 0) is 0 Å². The molecule has 0 amide bonds. The third kappa shape index (κ3) is 6.12. The summed E-state index contributed by atoms with van der Waals surface area (Å²) in [4.78, 5) is 2.41. The topological polar surface area (TPSA) is 8.17 Å². The zero-order valence-corrected chi connectivity index (χ0v) is 31.1. The largest absolute Gasteiger partial charge is 0.310 e. The van der Waals surface area contributed by atoms with Crippen LogP contribution in [0.1, 0.15) is 18.4 Å². The fourth-order valence-corrected chi connectivity index (χ4v) is 8.34. The molecule has 0 N–H and O–H groups in total. The first-order valence-corrected chi connectivity index (χ1v) is 19.5. The lowest BCUT2D eigenvalue weighted by molar-refractivity contribution is 1.04.